The van der Waals surface area contributed by atoms with E-state index in [4.69, 9.17) is 21.9 Å². The van der Waals surface area contributed by atoms with Crippen LogP contribution in [-0.2, 0) is 10.2 Å². The molecule has 5 nitrogen and oxygen atoms in total. The first kappa shape index (κ1) is 12.6. The summed E-state index contributed by atoms with van der Waals surface area (Å²) in [6, 6.07) is 4.63. The van der Waals surface area contributed by atoms with Crippen molar-refractivity contribution in [2.45, 2.75) is 18.8 Å². The number of hydrogen-bond donors (Lipinski definition) is 2. The molecule has 0 fully saturated rings. The highest BCUT2D eigenvalue weighted by atomic mass is 35.5. The second-order valence-electron chi connectivity index (χ2n) is 4.37. The van der Waals surface area contributed by atoms with Gasteiger partial charge in [-0.2, -0.15) is 0 Å². The zero-order valence-electron chi connectivity index (χ0n) is 9.48. The number of oxime groups is 1. The van der Waals surface area contributed by atoms with Crippen LogP contribution in [0.25, 0.3) is 0 Å². The third kappa shape index (κ3) is 1.67. The quantitative estimate of drug-likeness (QED) is 0.634. The average Bonchev–Trinajstić information content (AvgIpc) is 2.46. The largest absolute Gasteiger partial charge is 0.481 e. The van der Waals surface area contributed by atoms with E-state index in [1.807, 2.05) is 0 Å². The second-order valence-corrected chi connectivity index (χ2v) is 4.81. The fourth-order valence-corrected chi connectivity index (χ4v) is 2.50. The molecule has 0 aliphatic heterocycles. The van der Waals surface area contributed by atoms with E-state index in [1.54, 1.807) is 19.1 Å². The summed E-state index contributed by atoms with van der Waals surface area (Å²) in [5.41, 5.74) is -0.481. The normalized spacial score (nSPS) is 24.3. The molecule has 0 radical (unpaired) electrons. The number of fused-ring (bicyclic) bond motifs is 1. The topological polar surface area (TPSA) is 87.0 Å². The van der Waals surface area contributed by atoms with Gasteiger partial charge in [-0.15, -0.1) is 0 Å². The molecule has 0 bridgehead atoms. The Bertz CT molecular complexity index is 581. The number of carbonyl (C=O) groups excluding carboxylic acids is 1. The summed E-state index contributed by atoms with van der Waals surface area (Å²) < 4.78 is 0. The Morgan fingerprint density at radius 1 is 1.50 bits per heavy atom. The van der Waals surface area contributed by atoms with Crippen LogP contribution in [0, 0.1) is 0 Å². The van der Waals surface area contributed by atoms with E-state index in [0.29, 0.717) is 16.1 Å². The third-order valence-corrected chi connectivity index (χ3v) is 3.40. The lowest BCUT2D eigenvalue weighted by atomic mass is 9.79. The van der Waals surface area contributed by atoms with Crippen molar-refractivity contribution >= 4 is 29.1 Å². The number of rotatable bonds is 2. The number of ketones is 1. The first-order chi connectivity index (χ1) is 8.40. The number of halogens is 1. The molecule has 0 aromatic heterocycles. The Labute approximate surface area is 108 Å². The number of aliphatic carboxylic acids is 1. The summed E-state index contributed by atoms with van der Waals surface area (Å²) in [6.07, 6.45) is -0.327. The van der Waals surface area contributed by atoms with Gasteiger partial charge in [-0.3, -0.25) is 9.59 Å². The minimum Gasteiger partial charge on any atom is -0.481 e. The fourth-order valence-electron chi connectivity index (χ4n) is 2.33. The Morgan fingerprint density at radius 3 is 2.72 bits per heavy atom. The minimum atomic E-state index is -1.13. The summed E-state index contributed by atoms with van der Waals surface area (Å²) in [5.74, 6) is -1.56. The number of carboxylic acid groups (broad SMARTS) is 1. The van der Waals surface area contributed by atoms with Crippen molar-refractivity contribution in [3.63, 3.8) is 0 Å². The van der Waals surface area contributed by atoms with Crippen LogP contribution in [0.4, 0.5) is 0 Å². The first-order valence-corrected chi connectivity index (χ1v) is 5.57. The molecule has 18 heavy (non-hydrogen) atoms. The standard InChI is InChI=1S/C12H10ClNO4/c1-12(5-9(15)16)8-3-2-6(13)4-7(8)10(17)11(12)14-18/h2-4,18H,5H2,1H3,(H,15,16)/b14-11-. The van der Waals surface area contributed by atoms with E-state index < -0.39 is 17.2 Å². The number of carboxylic acids is 1. The van der Waals surface area contributed by atoms with E-state index in [1.165, 1.54) is 6.07 Å². The summed E-state index contributed by atoms with van der Waals surface area (Å²) in [7, 11) is 0. The van der Waals surface area contributed by atoms with E-state index in [-0.39, 0.29) is 12.1 Å². The summed E-state index contributed by atoms with van der Waals surface area (Å²) in [6.45, 7) is 1.56. The van der Waals surface area contributed by atoms with Crippen LogP contribution in [0.5, 0.6) is 0 Å². The smallest absolute Gasteiger partial charge is 0.304 e. The van der Waals surface area contributed by atoms with Crippen LogP contribution in [0.15, 0.2) is 23.4 Å². The maximum atomic E-state index is 12.0. The van der Waals surface area contributed by atoms with E-state index >= 15 is 0 Å². The molecular weight excluding hydrogens is 258 g/mol. The number of benzene rings is 1. The predicted molar refractivity (Wildman–Crippen MR) is 64.6 cm³/mol. The molecule has 1 aromatic carbocycles. The predicted octanol–water partition coefficient (Wildman–Crippen LogP) is 2.10. The van der Waals surface area contributed by atoms with E-state index in [0.717, 1.165) is 0 Å². The summed E-state index contributed by atoms with van der Waals surface area (Å²) in [4.78, 5) is 23.0. The molecule has 2 rings (SSSR count). The first-order valence-electron chi connectivity index (χ1n) is 5.19. The van der Waals surface area contributed by atoms with Crippen LogP contribution in [0.3, 0.4) is 0 Å². The van der Waals surface area contributed by atoms with Crippen molar-refractivity contribution in [2.75, 3.05) is 0 Å². The van der Waals surface area contributed by atoms with E-state index in [9.17, 15) is 9.59 Å². The molecule has 1 aliphatic carbocycles. The number of nitrogens with zero attached hydrogens (tertiary/aromatic N) is 1. The van der Waals surface area contributed by atoms with Crippen molar-refractivity contribution in [1.82, 2.24) is 0 Å². The zero-order valence-corrected chi connectivity index (χ0v) is 10.2. The minimum absolute atomic E-state index is 0.165. The van der Waals surface area contributed by atoms with Crippen molar-refractivity contribution in [3.05, 3.63) is 34.3 Å². The van der Waals surface area contributed by atoms with Gasteiger partial charge in [0.25, 0.3) is 0 Å². The molecule has 0 amide bonds. The van der Waals surface area contributed by atoms with Gasteiger partial charge in [-0.1, -0.05) is 22.8 Å². The van der Waals surface area contributed by atoms with Crippen molar-refractivity contribution in [1.29, 1.82) is 0 Å². The molecule has 1 atom stereocenters. The number of Topliss-reactive ketones (excluding diaryl/α,β-unsaturated/α-hetero) is 1. The maximum absolute atomic E-state index is 12.0. The van der Waals surface area contributed by atoms with Gasteiger partial charge in [-0.25, -0.2) is 0 Å². The van der Waals surface area contributed by atoms with Crippen LogP contribution >= 0.6 is 11.6 Å². The fraction of sp³-hybridized carbons (Fsp3) is 0.250. The second kappa shape index (κ2) is 4.10. The molecule has 0 spiro atoms. The lowest BCUT2D eigenvalue weighted by molar-refractivity contribution is -0.137. The molecule has 0 saturated heterocycles. The van der Waals surface area contributed by atoms with Crippen LogP contribution in [0.2, 0.25) is 5.02 Å². The Morgan fingerprint density at radius 2 is 2.17 bits per heavy atom. The third-order valence-electron chi connectivity index (χ3n) is 3.16. The van der Waals surface area contributed by atoms with Gasteiger partial charge in [0, 0.05) is 10.6 Å². The zero-order chi connectivity index (χ0) is 13.5. The highest BCUT2D eigenvalue weighted by molar-refractivity contribution is 6.52. The molecule has 1 unspecified atom stereocenters. The van der Waals surface area contributed by atoms with Gasteiger partial charge in [0.05, 0.1) is 11.8 Å². The molecule has 1 aliphatic rings. The lowest BCUT2D eigenvalue weighted by Gasteiger charge is -2.22. The van der Waals surface area contributed by atoms with Gasteiger partial charge in [0.2, 0.25) is 5.78 Å². The van der Waals surface area contributed by atoms with E-state index in [2.05, 4.69) is 5.16 Å². The molecule has 2 N–H and O–H groups in total. The molecule has 6 heteroatoms. The average molecular weight is 268 g/mol. The van der Waals surface area contributed by atoms with Crippen molar-refractivity contribution in [2.24, 2.45) is 5.16 Å². The molecule has 0 saturated carbocycles. The molecule has 1 aromatic rings. The highest BCUT2D eigenvalue weighted by Gasteiger charge is 2.48. The summed E-state index contributed by atoms with van der Waals surface area (Å²) in [5, 5.41) is 21.3. The SMILES string of the molecule is CC1(CC(=O)O)/C(=N\O)C(=O)c2cc(Cl)ccc21. The van der Waals surface area contributed by atoms with Crippen molar-refractivity contribution < 1.29 is 19.9 Å². The molecular formula is C12H10ClNO4. The number of carbonyl (C=O) groups is 2. The lowest BCUT2D eigenvalue weighted by Crippen LogP contribution is -2.33. The highest BCUT2D eigenvalue weighted by Crippen LogP contribution is 2.40. The van der Waals surface area contributed by atoms with Crippen LogP contribution in [0.1, 0.15) is 29.3 Å². The van der Waals surface area contributed by atoms with Gasteiger partial charge in [0.1, 0.15) is 5.71 Å². The van der Waals surface area contributed by atoms with Gasteiger partial charge in [0.15, 0.2) is 0 Å². The van der Waals surface area contributed by atoms with Gasteiger partial charge < -0.3 is 10.3 Å². The van der Waals surface area contributed by atoms with Crippen LogP contribution < -0.4 is 0 Å². The van der Waals surface area contributed by atoms with Gasteiger partial charge >= 0.3 is 5.97 Å². The number of hydrogen-bond acceptors (Lipinski definition) is 4. The van der Waals surface area contributed by atoms with Gasteiger partial charge in [-0.05, 0) is 24.6 Å². The Hall–Kier alpha value is -1.88. The monoisotopic (exact) mass is 267 g/mol. The maximum Gasteiger partial charge on any atom is 0.304 e. The Kier molecular flexibility index (Phi) is 2.86. The Balaban J connectivity index is 2.67. The van der Waals surface area contributed by atoms with Crippen molar-refractivity contribution in [3.8, 4) is 0 Å². The summed E-state index contributed by atoms with van der Waals surface area (Å²) >= 11 is 5.81. The molecule has 0 heterocycles. The van der Waals surface area contributed by atoms with Crippen LogP contribution in [-0.4, -0.2) is 27.8 Å². The molecule has 94 valence electrons.